The minimum Gasteiger partial charge on any atom is -0.508 e. The second kappa shape index (κ2) is 6.22. The summed E-state index contributed by atoms with van der Waals surface area (Å²) < 4.78 is 0. The molecular weight excluding hydrogens is 274 g/mol. The first-order chi connectivity index (χ1) is 10.6. The van der Waals surface area contributed by atoms with Crippen LogP contribution in [0.5, 0.6) is 5.75 Å². The topological polar surface area (TPSA) is 49.3 Å². The summed E-state index contributed by atoms with van der Waals surface area (Å²) in [5, 5.41) is 12.7. The van der Waals surface area contributed by atoms with Crippen LogP contribution in [-0.2, 0) is 11.2 Å². The molecule has 0 aromatic heterocycles. The maximum atomic E-state index is 12.5. The predicted octanol–water partition coefficient (Wildman–Crippen LogP) is 3.69. The monoisotopic (exact) mass is 295 g/mol. The highest BCUT2D eigenvalue weighted by Crippen LogP contribution is 2.30. The van der Waals surface area contributed by atoms with Crippen LogP contribution in [0.25, 0.3) is 0 Å². The van der Waals surface area contributed by atoms with Gasteiger partial charge < -0.3 is 10.4 Å². The average molecular weight is 295 g/mol. The molecule has 0 spiro atoms. The maximum absolute atomic E-state index is 12.5. The SMILES string of the molecule is CC(C(=O)NC1CCCc2ccccc21)c1cccc(O)c1. The van der Waals surface area contributed by atoms with Gasteiger partial charge in [-0.1, -0.05) is 36.4 Å². The van der Waals surface area contributed by atoms with E-state index >= 15 is 0 Å². The second-order valence-electron chi connectivity index (χ2n) is 5.97. The van der Waals surface area contributed by atoms with Gasteiger partial charge in [0.1, 0.15) is 5.75 Å². The lowest BCUT2D eigenvalue weighted by atomic mass is 9.87. The van der Waals surface area contributed by atoms with Gasteiger partial charge in [0.05, 0.1) is 12.0 Å². The number of benzene rings is 2. The van der Waals surface area contributed by atoms with E-state index in [0.717, 1.165) is 24.8 Å². The first-order valence-corrected chi connectivity index (χ1v) is 7.82. The number of nitrogens with one attached hydrogen (secondary N) is 1. The standard InChI is InChI=1S/C19H21NO2/c1-13(15-8-4-9-16(21)12-15)19(22)20-18-11-5-7-14-6-2-3-10-17(14)18/h2-4,6,8-10,12-13,18,21H,5,7,11H2,1H3,(H,20,22). The third-order valence-electron chi connectivity index (χ3n) is 4.45. The van der Waals surface area contributed by atoms with E-state index in [4.69, 9.17) is 0 Å². The maximum Gasteiger partial charge on any atom is 0.227 e. The fourth-order valence-electron chi connectivity index (χ4n) is 3.15. The van der Waals surface area contributed by atoms with Crippen molar-refractivity contribution in [2.24, 2.45) is 0 Å². The molecule has 2 N–H and O–H groups in total. The van der Waals surface area contributed by atoms with Crippen LogP contribution in [0.2, 0.25) is 0 Å². The summed E-state index contributed by atoms with van der Waals surface area (Å²) in [7, 11) is 0. The summed E-state index contributed by atoms with van der Waals surface area (Å²) in [6, 6.07) is 15.3. The molecule has 2 aromatic rings. The lowest BCUT2D eigenvalue weighted by Crippen LogP contribution is -2.33. The molecule has 1 amide bonds. The van der Waals surface area contributed by atoms with E-state index in [1.165, 1.54) is 11.1 Å². The smallest absolute Gasteiger partial charge is 0.227 e. The molecule has 1 aliphatic rings. The molecule has 2 unspecified atom stereocenters. The summed E-state index contributed by atoms with van der Waals surface area (Å²) >= 11 is 0. The van der Waals surface area contributed by atoms with Gasteiger partial charge in [-0.15, -0.1) is 0 Å². The largest absolute Gasteiger partial charge is 0.508 e. The summed E-state index contributed by atoms with van der Waals surface area (Å²) in [6.45, 7) is 1.87. The van der Waals surface area contributed by atoms with Crippen molar-refractivity contribution >= 4 is 5.91 Å². The first-order valence-electron chi connectivity index (χ1n) is 7.82. The van der Waals surface area contributed by atoms with Crippen LogP contribution in [0.15, 0.2) is 48.5 Å². The van der Waals surface area contributed by atoms with E-state index in [2.05, 4.69) is 23.5 Å². The Kier molecular flexibility index (Phi) is 4.14. The molecule has 0 saturated heterocycles. The van der Waals surface area contributed by atoms with Crippen molar-refractivity contribution in [1.82, 2.24) is 5.32 Å². The number of aromatic hydroxyl groups is 1. The molecule has 0 aliphatic heterocycles. The molecule has 0 radical (unpaired) electrons. The van der Waals surface area contributed by atoms with E-state index in [1.54, 1.807) is 18.2 Å². The molecule has 1 aliphatic carbocycles. The number of aryl methyl sites for hydroxylation is 1. The molecule has 22 heavy (non-hydrogen) atoms. The van der Waals surface area contributed by atoms with Crippen LogP contribution < -0.4 is 5.32 Å². The van der Waals surface area contributed by atoms with Gasteiger partial charge in [-0.3, -0.25) is 4.79 Å². The van der Waals surface area contributed by atoms with Gasteiger partial charge in [0.2, 0.25) is 5.91 Å². The molecule has 0 bridgehead atoms. The number of hydrogen-bond acceptors (Lipinski definition) is 2. The van der Waals surface area contributed by atoms with Crippen molar-refractivity contribution in [2.45, 2.75) is 38.1 Å². The summed E-state index contributed by atoms with van der Waals surface area (Å²) in [5.41, 5.74) is 3.41. The highest BCUT2D eigenvalue weighted by Gasteiger charge is 2.24. The third-order valence-corrected chi connectivity index (χ3v) is 4.45. The van der Waals surface area contributed by atoms with E-state index in [0.29, 0.717) is 0 Å². The molecule has 0 heterocycles. The molecule has 2 atom stereocenters. The van der Waals surface area contributed by atoms with Gasteiger partial charge >= 0.3 is 0 Å². The van der Waals surface area contributed by atoms with Gasteiger partial charge in [-0.25, -0.2) is 0 Å². The zero-order valence-corrected chi connectivity index (χ0v) is 12.8. The Morgan fingerprint density at radius 3 is 2.86 bits per heavy atom. The molecule has 0 fully saturated rings. The van der Waals surface area contributed by atoms with Crippen molar-refractivity contribution < 1.29 is 9.90 Å². The lowest BCUT2D eigenvalue weighted by Gasteiger charge is -2.27. The van der Waals surface area contributed by atoms with Crippen molar-refractivity contribution in [1.29, 1.82) is 0 Å². The molecule has 3 nitrogen and oxygen atoms in total. The number of phenols is 1. The molecule has 2 aromatic carbocycles. The Balaban J connectivity index is 1.75. The van der Waals surface area contributed by atoms with Gasteiger partial charge in [-0.2, -0.15) is 0 Å². The highest BCUT2D eigenvalue weighted by atomic mass is 16.3. The number of amides is 1. The average Bonchev–Trinajstić information content (AvgIpc) is 2.54. The number of fused-ring (bicyclic) bond motifs is 1. The Morgan fingerprint density at radius 2 is 2.05 bits per heavy atom. The van der Waals surface area contributed by atoms with Crippen LogP contribution in [0, 0.1) is 0 Å². The van der Waals surface area contributed by atoms with Gasteiger partial charge in [-0.05, 0) is 55.0 Å². The lowest BCUT2D eigenvalue weighted by molar-refractivity contribution is -0.123. The van der Waals surface area contributed by atoms with Crippen molar-refractivity contribution in [3.05, 3.63) is 65.2 Å². The zero-order chi connectivity index (χ0) is 15.5. The molecular formula is C19H21NO2. The number of carbonyl (C=O) groups is 1. The Labute approximate surface area is 131 Å². The summed E-state index contributed by atoms with van der Waals surface area (Å²) in [6.07, 6.45) is 3.17. The van der Waals surface area contributed by atoms with E-state index in [9.17, 15) is 9.90 Å². The molecule has 3 heteroatoms. The van der Waals surface area contributed by atoms with Crippen LogP contribution in [0.4, 0.5) is 0 Å². The zero-order valence-electron chi connectivity index (χ0n) is 12.8. The number of rotatable bonds is 3. The first kappa shape index (κ1) is 14.6. The second-order valence-corrected chi connectivity index (χ2v) is 5.97. The Morgan fingerprint density at radius 1 is 1.23 bits per heavy atom. The van der Waals surface area contributed by atoms with Gasteiger partial charge in [0.15, 0.2) is 0 Å². The van der Waals surface area contributed by atoms with Crippen LogP contribution in [0.3, 0.4) is 0 Å². The van der Waals surface area contributed by atoms with Gasteiger partial charge in [0, 0.05) is 0 Å². The number of hydrogen-bond donors (Lipinski definition) is 2. The van der Waals surface area contributed by atoms with Crippen LogP contribution in [-0.4, -0.2) is 11.0 Å². The third kappa shape index (κ3) is 2.98. The van der Waals surface area contributed by atoms with Gasteiger partial charge in [0.25, 0.3) is 0 Å². The van der Waals surface area contributed by atoms with Crippen molar-refractivity contribution in [3.63, 3.8) is 0 Å². The fourth-order valence-corrected chi connectivity index (χ4v) is 3.15. The quantitative estimate of drug-likeness (QED) is 0.907. The summed E-state index contributed by atoms with van der Waals surface area (Å²) in [4.78, 5) is 12.5. The molecule has 3 rings (SSSR count). The van der Waals surface area contributed by atoms with E-state index < -0.39 is 0 Å². The minimum absolute atomic E-state index is 0.00676. The van der Waals surface area contributed by atoms with Crippen molar-refractivity contribution in [3.8, 4) is 5.75 Å². The highest BCUT2D eigenvalue weighted by molar-refractivity contribution is 5.83. The fraction of sp³-hybridized carbons (Fsp3) is 0.316. The van der Waals surface area contributed by atoms with Crippen molar-refractivity contribution in [2.75, 3.05) is 0 Å². The van der Waals surface area contributed by atoms with E-state index in [1.807, 2.05) is 19.1 Å². The van der Waals surface area contributed by atoms with E-state index in [-0.39, 0.29) is 23.6 Å². The van der Waals surface area contributed by atoms with Crippen LogP contribution in [0.1, 0.15) is 48.4 Å². The molecule has 114 valence electrons. The number of carbonyl (C=O) groups excluding carboxylic acids is 1. The summed E-state index contributed by atoms with van der Waals surface area (Å²) in [5.74, 6) is -0.0753. The Bertz CT molecular complexity index is 681. The normalized spacial score (nSPS) is 18.3. The number of phenolic OH excluding ortho intramolecular Hbond substituents is 1. The predicted molar refractivity (Wildman–Crippen MR) is 86.8 cm³/mol. The molecule has 0 saturated carbocycles. The Hall–Kier alpha value is -2.29. The van der Waals surface area contributed by atoms with Crippen LogP contribution >= 0.6 is 0 Å². The minimum atomic E-state index is -0.277.